The lowest BCUT2D eigenvalue weighted by Gasteiger charge is -2.18. The van der Waals surface area contributed by atoms with Crippen molar-refractivity contribution in [2.24, 2.45) is 0 Å². The summed E-state index contributed by atoms with van der Waals surface area (Å²) in [5, 5.41) is 9.45. The summed E-state index contributed by atoms with van der Waals surface area (Å²) < 4.78 is 5.28. The summed E-state index contributed by atoms with van der Waals surface area (Å²) in [4.78, 5) is 24.6. The molecule has 0 bridgehead atoms. The molecular weight excluding hydrogens is 446 g/mol. The third-order valence-corrected chi connectivity index (χ3v) is 6.68. The molecule has 34 heavy (non-hydrogen) atoms. The highest BCUT2D eigenvalue weighted by molar-refractivity contribution is 7.17. The van der Waals surface area contributed by atoms with Gasteiger partial charge in [-0.15, -0.1) is 11.3 Å². The first-order chi connectivity index (χ1) is 16.6. The van der Waals surface area contributed by atoms with Gasteiger partial charge in [-0.25, -0.2) is 9.97 Å². The largest absolute Gasteiger partial charge is 0.497 e. The summed E-state index contributed by atoms with van der Waals surface area (Å²) in [6, 6.07) is 15.4. The highest BCUT2D eigenvalue weighted by atomic mass is 32.1. The van der Waals surface area contributed by atoms with Crippen LogP contribution >= 0.6 is 11.3 Å². The standard InChI is InChI=1S/C26H29N5O2S/c1-4-31(5-2)15-14-27-25(32)19-6-10-20(11-7-19)30-24-23-22(16-34-26(23)29-17-28-24)18-8-12-21(33-3)13-9-18/h6-13,16-17H,4-5,14-15H2,1-3H3,(H,27,32)(H,28,29,30). The van der Waals surface area contributed by atoms with E-state index in [1.54, 1.807) is 24.8 Å². The molecule has 8 heteroatoms. The Bertz CT molecular complexity index is 1230. The zero-order chi connectivity index (χ0) is 23.9. The number of nitrogens with zero attached hydrogens (tertiary/aromatic N) is 3. The lowest BCUT2D eigenvalue weighted by Crippen LogP contribution is -2.34. The van der Waals surface area contributed by atoms with Crippen molar-refractivity contribution in [1.29, 1.82) is 0 Å². The van der Waals surface area contributed by atoms with E-state index in [0.717, 1.165) is 58.2 Å². The molecular formula is C26H29N5O2S. The van der Waals surface area contributed by atoms with Crippen LogP contribution in [0.2, 0.25) is 0 Å². The summed E-state index contributed by atoms with van der Waals surface area (Å²) in [7, 11) is 1.66. The SMILES string of the molecule is CCN(CC)CCNC(=O)c1ccc(Nc2ncnc3scc(-c4ccc(OC)cc4)c23)cc1. The number of benzene rings is 2. The smallest absolute Gasteiger partial charge is 0.251 e. The molecule has 176 valence electrons. The van der Waals surface area contributed by atoms with Gasteiger partial charge in [0.1, 0.15) is 22.7 Å². The quantitative estimate of drug-likeness (QED) is 0.329. The van der Waals surface area contributed by atoms with Crippen LogP contribution in [-0.2, 0) is 0 Å². The Balaban J connectivity index is 1.49. The van der Waals surface area contributed by atoms with Crippen LogP contribution < -0.4 is 15.4 Å². The predicted molar refractivity (Wildman–Crippen MR) is 139 cm³/mol. The number of hydrogen-bond acceptors (Lipinski definition) is 7. The van der Waals surface area contributed by atoms with Crippen LogP contribution in [0.15, 0.2) is 60.2 Å². The number of amides is 1. The Labute approximate surface area is 203 Å². The Morgan fingerprint density at radius 1 is 1.03 bits per heavy atom. The highest BCUT2D eigenvalue weighted by Gasteiger charge is 2.14. The van der Waals surface area contributed by atoms with Gasteiger partial charge >= 0.3 is 0 Å². The van der Waals surface area contributed by atoms with Crippen LogP contribution in [0, 0.1) is 0 Å². The van der Waals surface area contributed by atoms with Crippen molar-refractivity contribution in [3.63, 3.8) is 0 Å². The van der Waals surface area contributed by atoms with Gasteiger partial charge in [-0.3, -0.25) is 4.79 Å². The van der Waals surface area contributed by atoms with Crippen LogP contribution in [0.25, 0.3) is 21.3 Å². The average Bonchev–Trinajstić information content (AvgIpc) is 3.32. The number of anilines is 2. The summed E-state index contributed by atoms with van der Waals surface area (Å²) in [6.45, 7) is 7.68. The van der Waals surface area contributed by atoms with Gasteiger partial charge in [-0.2, -0.15) is 0 Å². The van der Waals surface area contributed by atoms with Crippen molar-refractivity contribution in [1.82, 2.24) is 20.2 Å². The van der Waals surface area contributed by atoms with Crippen molar-refractivity contribution >= 4 is 39.0 Å². The Kier molecular flexibility index (Phi) is 7.72. The van der Waals surface area contributed by atoms with Gasteiger partial charge in [-0.1, -0.05) is 26.0 Å². The molecule has 0 saturated heterocycles. The van der Waals surface area contributed by atoms with Crippen LogP contribution in [0.4, 0.5) is 11.5 Å². The number of fused-ring (bicyclic) bond motifs is 1. The molecule has 0 atom stereocenters. The van der Waals surface area contributed by atoms with Gasteiger partial charge in [0, 0.05) is 35.3 Å². The molecule has 0 aliphatic rings. The van der Waals surface area contributed by atoms with Gasteiger partial charge in [-0.05, 0) is 55.1 Å². The second-order valence-corrected chi connectivity index (χ2v) is 8.62. The van der Waals surface area contributed by atoms with E-state index in [0.29, 0.717) is 12.1 Å². The molecule has 0 unspecified atom stereocenters. The van der Waals surface area contributed by atoms with Crippen LogP contribution in [-0.4, -0.2) is 54.1 Å². The first kappa shape index (κ1) is 23.7. The highest BCUT2D eigenvalue weighted by Crippen LogP contribution is 2.37. The summed E-state index contributed by atoms with van der Waals surface area (Å²) in [5.41, 5.74) is 3.62. The van der Waals surface area contributed by atoms with Crippen LogP contribution in [0.1, 0.15) is 24.2 Å². The van der Waals surface area contributed by atoms with Crippen molar-refractivity contribution in [3.8, 4) is 16.9 Å². The number of aromatic nitrogens is 2. The van der Waals surface area contributed by atoms with Crippen LogP contribution in [0.3, 0.4) is 0 Å². The Hall–Kier alpha value is -3.49. The monoisotopic (exact) mass is 475 g/mol. The minimum atomic E-state index is -0.0669. The molecule has 0 fully saturated rings. The normalized spacial score (nSPS) is 11.1. The molecule has 2 aromatic heterocycles. The lowest BCUT2D eigenvalue weighted by atomic mass is 10.1. The number of ether oxygens (including phenoxy) is 1. The molecule has 0 radical (unpaired) electrons. The number of likely N-dealkylation sites (N-methyl/N-ethyl adjacent to an activating group) is 1. The van der Waals surface area contributed by atoms with Crippen molar-refractivity contribution in [3.05, 3.63) is 65.8 Å². The average molecular weight is 476 g/mol. The zero-order valence-corrected chi connectivity index (χ0v) is 20.5. The van der Waals surface area contributed by atoms with Gasteiger partial charge < -0.3 is 20.3 Å². The topological polar surface area (TPSA) is 79.4 Å². The summed E-state index contributed by atoms with van der Waals surface area (Å²) >= 11 is 1.58. The number of rotatable bonds is 10. The molecule has 4 aromatic rings. The molecule has 2 N–H and O–H groups in total. The van der Waals surface area contributed by atoms with Gasteiger partial charge in [0.15, 0.2) is 0 Å². The Morgan fingerprint density at radius 3 is 2.44 bits per heavy atom. The van der Waals surface area contributed by atoms with Gasteiger partial charge in [0.05, 0.1) is 12.5 Å². The van der Waals surface area contributed by atoms with E-state index < -0.39 is 0 Å². The Morgan fingerprint density at radius 2 is 1.76 bits per heavy atom. The van der Waals surface area contributed by atoms with E-state index >= 15 is 0 Å². The minimum Gasteiger partial charge on any atom is -0.497 e. The van der Waals surface area contributed by atoms with E-state index in [1.165, 1.54) is 0 Å². The fourth-order valence-electron chi connectivity index (χ4n) is 3.76. The van der Waals surface area contributed by atoms with Crippen LogP contribution in [0.5, 0.6) is 5.75 Å². The third kappa shape index (κ3) is 5.35. The zero-order valence-electron chi connectivity index (χ0n) is 19.7. The predicted octanol–water partition coefficient (Wildman–Crippen LogP) is 5.18. The summed E-state index contributed by atoms with van der Waals surface area (Å²) in [5.74, 6) is 1.48. The molecule has 0 saturated carbocycles. The van der Waals surface area contributed by atoms with Crippen molar-refractivity contribution in [2.75, 3.05) is 38.6 Å². The molecule has 7 nitrogen and oxygen atoms in total. The van der Waals surface area contributed by atoms with E-state index in [9.17, 15) is 4.79 Å². The van der Waals surface area contributed by atoms with E-state index in [2.05, 4.69) is 44.7 Å². The fourth-order valence-corrected chi connectivity index (χ4v) is 4.68. The number of thiophene rings is 1. The molecule has 2 aromatic carbocycles. The van der Waals surface area contributed by atoms with Gasteiger partial charge in [0.25, 0.3) is 5.91 Å². The van der Waals surface area contributed by atoms with Crippen molar-refractivity contribution < 1.29 is 9.53 Å². The molecule has 1 amide bonds. The maximum Gasteiger partial charge on any atom is 0.251 e. The minimum absolute atomic E-state index is 0.0669. The number of carbonyl (C=O) groups is 1. The second-order valence-electron chi connectivity index (χ2n) is 7.77. The molecule has 2 heterocycles. The van der Waals surface area contributed by atoms with E-state index in [1.807, 2.05) is 48.5 Å². The second kappa shape index (κ2) is 11.1. The maximum atomic E-state index is 12.5. The van der Waals surface area contributed by atoms with E-state index in [4.69, 9.17) is 4.74 Å². The van der Waals surface area contributed by atoms with Crippen molar-refractivity contribution in [2.45, 2.75) is 13.8 Å². The third-order valence-electron chi connectivity index (χ3n) is 5.79. The molecule has 0 aliphatic heterocycles. The molecule has 0 spiro atoms. The lowest BCUT2D eigenvalue weighted by molar-refractivity contribution is 0.0949. The molecule has 4 rings (SSSR count). The number of methoxy groups -OCH3 is 1. The van der Waals surface area contributed by atoms with E-state index in [-0.39, 0.29) is 5.91 Å². The fraction of sp³-hybridized carbons (Fsp3) is 0.269. The maximum absolute atomic E-state index is 12.5. The summed E-state index contributed by atoms with van der Waals surface area (Å²) in [6.07, 6.45) is 1.57. The number of hydrogen-bond donors (Lipinski definition) is 2. The van der Waals surface area contributed by atoms with Gasteiger partial charge in [0.2, 0.25) is 0 Å². The first-order valence-corrected chi connectivity index (χ1v) is 12.2. The first-order valence-electron chi connectivity index (χ1n) is 11.4. The number of carbonyl (C=O) groups excluding carboxylic acids is 1. The number of nitrogens with one attached hydrogen (secondary N) is 2. The molecule has 0 aliphatic carbocycles.